The lowest BCUT2D eigenvalue weighted by Crippen LogP contribution is -2.25. The minimum Gasteiger partial charge on any atom is -0.491 e. The van der Waals surface area contributed by atoms with Gasteiger partial charge in [0.15, 0.2) is 0 Å². The average molecular weight is 292 g/mol. The van der Waals surface area contributed by atoms with E-state index < -0.39 is 0 Å². The zero-order valence-corrected chi connectivity index (χ0v) is 12.9. The van der Waals surface area contributed by atoms with Gasteiger partial charge in [-0.05, 0) is 50.6 Å². The molecule has 0 aliphatic carbocycles. The van der Waals surface area contributed by atoms with Gasteiger partial charge in [0, 0.05) is 18.8 Å². The van der Waals surface area contributed by atoms with Gasteiger partial charge < -0.3 is 4.74 Å². The standard InChI is InChI=1S/C17H22ClNO/c1-15-7-8-17(16(14-15)6-2-3-9-18)20-13-12-19-10-4-5-11-19/h7-8,14H,3-5,9-13H2,1H3. The molecule has 1 heterocycles. The Balaban J connectivity index is 1.93. The summed E-state index contributed by atoms with van der Waals surface area (Å²) < 4.78 is 5.91. The van der Waals surface area contributed by atoms with Crippen LogP contribution in [-0.4, -0.2) is 37.0 Å². The Morgan fingerprint density at radius 1 is 1.30 bits per heavy atom. The van der Waals surface area contributed by atoms with E-state index in [4.69, 9.17) is 16.3 Å². The summed E-state index contributed by atoms with van der Waals surface area (Å²) in [6.45, 7) is 6.22. The van der Waals surface area contributed by atoms with Crippen molar-refractivity contribution in [3.63, 3.8) is 0 Å². The lowest BCUT2D eigenvalue weighted by atomic mass is 10.1. The van der Waals surface area contributed by atoms with Crippen LogP contribution in [0.2, 0.25) is 0 Å². The van der Waals surface area contributed by atoms with E-state index in [1.807, 2.05) is 6.07 Å². The molecule has 0 aromatic heterocycles. The second kappa shape index (κ2) is 8.19. The van der Waals surface area contributed by atoms with Gasteiger partial charge in [0.1, 0.15) is 12.4 Å². The molecule has 0 atom stereocenters. The lowest BCUT2D eigenvalue weighted by Gasteiger charge is -2.15. The van der Waals surface area contributed by atoms with E-state index in [0.717, 1.165) is 24.5 Å². The van der Waals surface area contributed by atoms with E-state index >= 15 is 0 Å². The van der Waals surface area contributed by atoms with Gasteiger partial charge in [-0.1, -0.05) is 17.9 Å². The summed E-state index contributed by atoms with van der Waals surface area (Å²) in [5.41, 5.74) is 2.17. The number of likely N-dealkylation sites (tertiary alicyclic amines) is 1. The van der Waals surface area contributed by atoms with Gasteiger partial charge in [-0.2, -0.15) is 0 Å². The van der Waals surface area contributed by atoms with Crippen molar-refractivity contribution < 1.29 is 4.74 Å². The number of rotatable bonds is 5. The van der Waals surface area contributed by atoms with Crippen molar-refractivity contribution in [2.24, 2.45) is 0 Å². The monoisotopic (exact) mass is 291 g/mol. The second-order valence-electron chi connectivity index (χ2n) is 5.14. The number of alkyl halides is 1. The first-order valence-electron chi connectivity index (χ1n) is 7.30. The first kappa shape index (κ1) is 15.2. The number of halogens is 1. The maximum atomic E-state index is 5.91. The fraction of sp³-hybridized carbons (Fsp3) is 0.529. The molecule has 1 aromatic rings. The molecule has 2 nitrogen and oxygen atoms in total. The fourth-order valence-corrected chi connectivity index (χ4v) is 2.46. The maximum absolute atomic E-state index is 5.91. The van der Waals surface area contributed by atoms with E-state index in [2.05, 4.69) is 35.8 Å². The van der Waals surface area contributed by atoms with Crippen molar-refractivity contribution in [3.8, 4) is 17.6 Å². The zero-order valence-electron chi connectivity index (χ0n) is 12.1. The molecular formula is C17H22ClNO. The van der Waals surface area contributed by atoms with Gasteiger partial charge in [0.25, 0.3) is 0 Å². The maximum Gasteiger partial charge on any atom is 0.134 e. The third-order valence-electron chi connectivity index (χ3n) is 3.44. The molecule has 20 heavy (non-hydrogen) atoms. The molecule has 1 aliphatic rings. The number of hydrogen-bond acceptors (Lipinski definition) is 2. The SMILES string of the molecule is Cc1ccc(OCCN2CCCC2)c(C#CCCCl)c1. The van der Waals surface area contributed by atoms with Crippen molar-refractivity contribution in [3.05, 3.63) is 29.3 Å². The van der Waals surface area contributed by atoms with Crippen LogP contribution in [0.25, 0.3) is 0 Å². The first-order valence-corrected chi connectivity index (χ1v) is 7.83. The first-order chi connectivity index (χ1) is 9.79. The van der Waals surface area contributed by atoms with Gasteiger partial charge >= 0.3 is 0 Å². The Bertz CT molecular complexity index is 483. The Labute approximate surface area is 127 Å². The van der Waals surface area contributed by atoms with E-state index in [0.29, 0.717) is 12.3 Å². The highest BCUT2D eigenvalue weighted by Crippen LogP contribution is 2.19. The molecule has 0 saturated carbocycles. The molecule has 3 heteroatoms. The van der Waals surface area contributed by atoms with Crippen LogP contribution in [0.3, 0.4) is 0 Å². The van der Waals surface area contributed by atoms with E-state index in [1.165, 1.54) is 31.5 Å². The predicted molar refractivity (Wildman–Crippen MR) is 84.6 cm³/mol. The third-order valence-corrected chi connectivity index (χ3v) is 3.63. The number of hydrogen-bond donors (Lipinski definition) is 0. The fourth-order valence-electron chi connectivity index (χ4n) is 2.36. The van der Waals surface area contributed by atoms with Crippen LogP contribution in [0.15, 0.2) is 18.2 Å². The van der Waals surface area contributed by atoms with Gasteiger partial charge in [-0.15, -0.1) is 11.6 Å². The highest BCUT2D eigenvalue weighted by Gasteiger charge is 2.11. The van der Waals surface area contributed by atoms with Crippen molar-refractivity contribution in [1.82, 2.24) is 4.90 Å². The highest BCUT2D eigenvalue weighted by atomic mass is 35.5. The van der Waals surface area contributed by atoms with Crippen molar-refractivity contribution in [2.75, 3.05) is 32.1 Å². The molecule has 1 aliphatic heterocycles. The van der Waals surface area contributed by atoms with Crippen molar-refractivity contribution >= 4 is 11.6 Å². The second-order valence-corrected chi connectivity index (χ2v) is 5.52. The van der Waals surface area contributed by atoms with Gasteiger partial charge in [-0.3, -0.25) is 4.90 Å². The topological polar surface area (TPSA) is 12.5 Å². The third kappa shape index (κ3) is 4.74. The summed E-state index contributed by atoms with van der Waals surface area (Å²) in [6, 6.07) is 6.16. The van der Waals surface area contributed by atoms with Gasteiger partial charge in [0.05, 0.1) is 5.56 Å². The van der Waals surface area contributed by atoms with Crippen LogP contribution in [0, 0.1) is 18.8 Å². The molecule has 1 aromatic carbocycles. The largest absolute Gasteiger partial charge is 0.491 e. The van der Waals surface area contributed by atoms with E-state index in [1.54, 1.807) is 0 Å². The smallest absolute Gasteiger partial charge is 0.134 e. The summed E-state index contributed by atoms with van der Waals surface area (Å²) in [6.07, 6.45) is 3.35. The quantitative estimate of drug-likeness (QED) is 0.608. The number of ether oxygens (including phenoxy) is 1. The Hall–Kier alpha value is -1.17. The summed E-state index contributed by atoms with van der Waals surface area (Å²) in [7, 11) is 0. The summed E-state index contributed by atoms with van der Waals surface area (Å²) in [5, 5.41) is 0. The normalized spacial score (nSPS) is 14.9. The molecule has 0 amide bonds. The molecule has 0 bridgehead atoms. The summed E-state index contributed by atoms with van der Waals surface area (Å²) in [5.74, 6) is 7.70. The summed E-state index contributed by atoms with van der Waals surface area (Å²) in [4.78, 5) is 2.45. The molecule has 1 saturated heterocycles. The zero-order chi connectivity index (χ0) is 14.2. The molecular weight excluding hydrogens is 270 g/mol. The van der Waals surface area contributed by atoms with Gasteiger partial charge in [0.2, 0.25) is 0 Å². The van der Waals surface area contributed by atoms with Crippen LogP contribution in [0.4, 0.5) is 0 Å². The predicted octanol–water partition coefficient (Wildman–Crippen LogP) is 3.45. The van der Waals surface area contributed by atoms with Gasteiger partial charge in [-0.25, -0.2) is 0 Å². The van der Waals surface area contributed by atoms with Crippen LogP contribution in [0.5, 0.6) is 5.75 Å². The number of nitrogens with zero attached hydrogens (tertiary/aromatic N) is 1. The van der Waals surface area contributed by atoms with Crippen LogP contribution >= 0.6 is 11.6 Å². The Morgan fingerprint density at radius 3 is 2.85 bits per heavy atom. The Kier molecular flexibility index (Phi) is 6.24. The summed E-state index contributed by atoms with van der Waals surface area (Å²) >= 11 is 5.66. The van der Waals surface area contributed by atoms with Crippen LogP contribution in [-0.2, 0) is 0 Å². The molecule has 2 rings (SSSR count). The molecule has 0 radical (unpaired) electrons. The van der Waals surface area contributed by atoms with Crippen LogP contribution < -0.4 is 4.74 Å². The minimum atomic E-state index is 0.573. The molecule has 0 spiro atoms. The minimum absolute atomic E-state index is 0.573. The Morgan fingerprint density at radius 2 is 2.10 bits per heavy atom. The molecule has 0 N–H and O–H groups in total. The number of benzene rings is 1. The van der Waals surface area contributed by atoms with Crippen LogP contribution in [0.1, 0.15) is 30.4 Å². The molecule has 1 fully saturated rings. The lowest BCUT2D eigenvalue weighted by molar-refractivity contribution is 0.237. The van der Waals surface area contributed by atoms with E-state index in [9.17, 15) is 0 Å². The van der Waals surface area contributed by atoms with Crippen molar-refractivity contribution in [1.29, 1.82) is 0 Å². The van der Waals surface area contributed by atoms with E-state index in [-0.39, 0.29) is 0 Å². The van der Waals surface area contributed by atoms with Crippen molar-refractivity contribution in [2.45, 2.75) is 26.2 Å². The number of aryl methyl sites for hydroxylation is 1. The highest BCUT2D eigenvalue weighted by molar-refractivity contribution is 6.18. The molecule has 108 valence electrons. The molecule has 0 unspecified atom stereocenters. The average Bonchev–Trinajstić information content (AvgIpc) is 2.95.